The summed E-state index contributed by atoms with van der Waals surface area (Å²) in [5.74, 6) is -1.53. The molecule has 1 N–H and O–H groups in total. The zero-order chi connectivity index (χ0) is 15.2. The van der Waals surface area contributed by atoms with Crippen LogP contribution in [0.15, 0.2) is 42.5 Å². The summed E-state index contributed by atoms with van der Waals surface area (Å²) in [6.07, 6.45) is 1.57. The van der Waals surface area contributed by atoms with E-state index in [9.17, 15) is 8.78 Å². The first-order valence-electron chi connectivity index (χ1n) is 7.35. The van der Waals surface area contributed by atoms with Crippen molar-refractivity contribution in [2.24, 2.45) is 0 Å². The first-order chi connectivity index (χ1) is 10.1. The Bertz CT molecular complexity index is 596. The van der Waals surface area contributed by atoms with Gasteiger partial charge in [-0.3, -0.25) is 0 Å². The molecule has 0 saturated heterocycles. The van der Waals surface area contributed by atoms with Gasteiger partial charge in [-0.1, -0.05) is 43.3 Å². The molecule has 21 heavy (non-hydrogen) atoms. The molecule has 0 aromatic heterocycles. The third-order valence-electron chi connectivity index (χ3n) is 3.77. The minimum Gasteiger partial charge on any atom is -0.310 e. The molecule has 0 bridgehead atoms. The topological polar surface area (TPSA) is 12.0 Å². The highest BCUT2D eigenvalue weighted by molar-refractivity contribution is 5.27. The van der Waals surface area contributed by atoms with Gasteiger partial charge in [0.25, 0.3) is 0 Å². The van der Waals surface area contributed by atoms with E-state index in [1.807, 2.05) is 19.1 Å². The molecule has 2 aromatic rings. The van der Waals surface area contributed by atoms with E-state index in [0.717, 1.165) is 18.9 Å². The molecular weight excluding hydrogens is 268 g/mol. The summed E-state index contributed by atoms with van der Waals surface area (Å²) in [6, 6.07) is 12.4. The molecule has 0 radical (unpaired) electrons. The second-order valence-corrected chi connectivity index (χ2v) is 5.22. The van der Waals surface area contributed by atoms with E-state index in [2.05, 4.69) is 24.4 Å². The average molecular weight is 289 g/mol. The van der Waals surface area contributed by atoms with Crippen LogP contribution in [0.1, 0.15) is 36.1 Å². The standard InChI is InChI=1S/C18H21F2N/c1-3-21-17(15-9-6-10-16(19)18(15)20)12-11-14-8-5-4-7-13(14)2/h4-10,17,21H,3,11-12H2,1-2H3. The van der Waals surface area contributed by atoms with Gasteiger partial charge in [-0.2, -0.15) is 0 Å². The van der Waals surface area contributed by atoms with Crippen molar-refractivity contribution < 1.29 is 8.78 Å². The Morgan fingerprint density at radius 3 is 2.52 bits per heavy atom. The number of rotatable bonds is 6. The van der Waals surface area contributed by atoms with Crippen LogP contribution in [0.5, 0.6) is 0 Å². The number of hydrogen-bond donors (Lipinski definition) is 1. The SMILES string of the molecule is CCNC(CCc1ccccc1C)c1cccc(F)c1F. The lowest BCUT2D eigenvalue weighted by Crippen LogP contribution is -2.23. The van der Waals surface area contributed by atoms with Crippen LogP contribution in [0.2, 0.25) is 0 Å². The van der Waals surface area contributed by atoms with Crippen LogP contribution in [-0.2, 0) is 6.42 Å². The van der Waals surface area contributed by atoms with Crippen molar-refractivity contribution >= 4 is 0 Å². The van der Waals surface area contributed by atoms with Gasteiger partial charge in [0.2, 0.25) is 0 Å². The van der Waals surface area contributed by atoms with Gasteiger partial charge in [0.05, 0.1) is 0 Å². The largest absolute Gasteiger partial charge is 0.310 e. The van der Waals surface area contributed by atoms with Gasteiger partial charge in [0.1, 0.15) is 0 Å². The predicted octanol–water partition coefficient (Wildman–Crippen LogP) is 4.56. The molecule has 0 amide bonds. The molecular formula is C18H21F2N. The summed E-state index contributed by atoms with van der Waals surface area (Å²) in [4.78, 5) is 0. The third kappa shape index (κ3) is 3.88. The summed E-state index contributed by atoms with van der Waals surface area (Å²) < 4.78 is 27.4. The molecule has 1 atom stereocenters. The fourth-order valence-corrected chi connectivity index (χ4v) is 2.59. The Kier molecular flexibility index (Phi) is 5.45. The van der Waals surface area contributed by atoms with Crippen LogP contribution in [0, 0.1) is 18.6 Å². The van der Waals surface area contributed by atoms with Crippen LogP contribution in [0.4, 0.5) is 8.78 Å². The van der Waals surface area contributed by atoms with Crippen molar-refractivity contribution in [2.75, 3.05) is 6.54 Å². The molecule has 0 aliphatic heterocycles. The second-order valence-electron chi connectivity index (χ2n) is 5.22. The molecule has 0 aliphatic carbocycles. The molecule has 2 rings (SSSR count). The highest BCUT2D eigenvalue weighted by Gasteiger charge is 2.17. The summed E-state index contributed by atoms with van der Waals surface area (Å²) in [6.45, 7) is 4.76. The Morgan fingerprint density at radius 1 is 1.05 bits per heavy atom. The lowest BCUT2D eigenvalue weighted by molar-refractivity contribution is 0.452. The monoisotopic (exact) mass is 289 g/mol. The summed E-state index contributed by atoms with van der Waals surface area (Å²) in [5, 5.41) is 3.25. The van der Waals surface area contributed by atoms with E-state index in [-0.39, 0.29) is 6.04 Å². The summed E-state index contributed by atoms with van der Waals surface area (Å²) in [5.41, 5.74) is 2.88. The van der Waals surface area contributed by atoms with E-state index < -0.39 is 11.6 Å². The molecule has 1 unspecified atom stereocenters. The summed E-state index contributed by atoms with van der Waals surface area (Å²) >= 11 is 0. The molecule has 2 aromatic carbocycles. The van der Waals surface area contributed by atoms with Gasteiger partial charge >= 0.3 is 0 Å². The van der Waals surface area contributed by atoms with Crippen molar-refractivity contribution in [1.29, 1.82) is 0 Å². The van der Waals surface area contributed by atoms with Crippen LogP contribution < -0.4 is 5.32 Å². The lowest BCUT2D eigenvalue weighted by Gasteiger charge is -2.19. The normalized spacial score (nSPS) is 12.4. The maximum atomic E-state index is 14.0. The molecule has 0 fully saturated rings. The van der Waals surface area contributed by atoms with E-state index in [1.54, 1.807) is 12.1 Å². The van der Waals surface area contributed by atoms with E-state index in [0.29, 0.717) is 12.1 Å². The van der Waals surface area contributed by atoms with Crippen molar-refractivity contribution in [3.8, 4) is 0 Å². The zero-order valence-corrected chi connectivity index (χ0v) is 12.5. The Balaban J connectivity index is 2.16. The van der Waals surface area contributed by atoms with E-state index in [4.69, 9.17) is 0 Å². The van der Waals surface area contributed by atoms with Gasteiger partial charge in [0.15, 0.2) is 11.6 Å². The van der Waals surface area contributed by atoms with Crippen LogP contribution >= 0.6 is 0 Å². The summed E-state index contributed by atoms with van der Waals surface area (Å²) in [7, 11) is 0. The highest BCUT2D eigenvalue weighted by atomic mass is 19.2. The second kappa shape index (κ2) is 7.32. The van der Waals surface area contributed by atoms with Crippen LogP contribution in [0.25, 0.3) is 0 Å². The van der Waals surface area contributed by atoms with Crippen molar-refractivity contribution in [1.82, 2.24) is 5.32 Å². The van der Waals surface area contributed by atoms with Crippen molar-refractivity contribution in [3.63, 3.8) is 0 Å². The Morgan fingerprint density at radius 2 is 1.81 bits per heavy atom. The van der Waals surface area contributed by atoms with E-state index >= 15 is 0 Å². The minimum atomic E-state index is -0.786. The quantitative estimate of drug-likeness (QED) is 0.822. The number of halogens is 2. The van der Waals surface area contributed by atoms with Crippen molar-refractivity contribution in [2.45, 2.75) is 32.7 Å². The third-order valence-corrected chi connectivity index (χ3v) is 3.77. The molecule has 0 aliphatic rings. The van der Waals surface area contributed by atoms with Crippen LogP contribution in [0.3, 0.4) is 0 Å². The Hall–Kier alpha value is -1.74. The Labute approximate surface area is 125 Å². The van der Waals surface area contributed by atoms with Crippen molar-refractivity contribution in [3.05, 3.63) is 70.8 Å². The zero-order valence-electron chi connectivity index (χ0n) is 12.5. The van der Waals surface area contributed by atoms with Gasteiger partial charge in [-0.15, -0.1) is 0 Å². The highest BCUT2D eigenvalue weighted by Crippen LogP contribution is 2.24. The number of hydrogen-bond acceptors (Lipinski definition) is 1. The van der Waals surface area contributed by atoms with Gasteiger partial charge in [0, 0.05) is 11.6 Å². The fraction of sp³-hybridized carbons (Fsp3) is 0.333. The maximum absolute atomic E-state index is 14.0. The molecule has 112 valence electrons. The van der Waals surface area contributed by atoms with Gasteiger partial charge in [-0.25, -0.2) is 8.78 Å². The average Bonchev–Trinajstić information content (AvgIpc) is 2.48. The number of aryl methyl sites for hydroxylation is 2. The smallest absolute Gasteiger partial charge is 0.163 e. The first-order valence-corrected chi connectivity index (χ1v) is 7.35. The van der Waals surface area contributed by atoms with E-state index in [1.165, 1.54) is 11.1 Å². The van der Waals surface area contributed by atoms with Gasteiger partial charge < -0.3 is 5.32 Å². The molecule has 0 heterocycles. The predicted molar refractivity (Wildman–Crippen MR) is 82.3 cm³/mol. The fourth-order valence-electron chi connectivity index (χ4n) is 2.59. The van der Waals surface area contributed by atoms with Gasteiger partial charge in [-0.05, 0) is 43.5 Å². The molecule has 0 saturated carbocycles. The molecule has 3 heteroatoms. The minimum absolute atomic E-state index is 0.176. The molecule has 0 spiro atoms. The first kappa shape index (κ1) is 15.6. The molecule has 1 nitrogen and oxygen atoms in total. The van der Waals surface area contributed by atoms with Crippen LogP contribution in [-0.4, -0.2) is 6.54 Å². The number of nitrogens with one attached hydrogen (secondary N) is 1. The number of benzene rings is 2. The lowest BCUT2D eigenvalue weighted by atomic mass is 9.96. The maximum Gasteiger partial charge on any atom is 0.163 e.